The fraction of sp³-hybridized carbons (Fsp3) is 0.333. The van der Waals surface area contributed by atoms with Gasteiger partial charge in [0.2, 0.25) is 0 Å². The van der Waals surface area contributed by atoms with E-state index < -0.39 is 5.97 Å². The first-order chi connectivity index (χ1) is 6.91. The van der Waals surface area contributed by atoms with Crippen LogP contribution in [-0.4, -0.2) is 11.8 Å². The van der Waals surface area contributed by atoms with Gasteiger partial charge < -0.3 is 16.2 Å². The third-order valence-electron chi connectivity index (χ3n) is 1.69. The van der Waals surface area contributed by atoms with Crippen molar-refractivity contribution < 1.29 is 9.53 Å². The van der Waals surface area contributed by atoms with Crippen molar-refractivity contribution in [1.82, 2.24) is 0 Å². The van der Waals surface area contributed by atoms with E-state index in [1.54, 1.807) is 6.07 Å². The third kappa shape index (κ3) is 2.77. The van der Waals surface area contributed by atoms with Crippen LogP contribution in [0.5, 0.6) is 5.06 Å². The maximum Gasteiger partial charge on any atom is 0.308 e. The van der Waals surface area contributed by atoms with Crippen molar-refractivity contribution in [1.29, 1.82) is 5.41 Å². The predicted octanol–water partition coefficient (Wildman–Crippen LogP) is 0.977. The van der Waals surface area contributed by atoms with Gasteiger partial charge in [-0.1, -0.05) is 0 Å². The first-order valence-corrected chi connectivity index (χ1v) is 5.15. The molecule has 5 nitrogen and oxygen atoms in total. The van der Waals surface area contributed by atoms with Crippen LogP contribution >= 0.6 is 11.3 Å². The van der Waals surface area contributed by atoms with E-state index >= 15 is 0 Å². The molecule has 0 radical (unpaired) electrons. The van der Waals surface area contributed by atoms with Crippen LogP contribution in [-0.2, 0) is 4.79 Å². The fourth-order valence-corrected chi connectivity index (χ4v) is 2.03. The van der Waals surface area contributed by atoms with Crippen molar-refractivity contribution in [3.63, 3.8) is 0 Å². The molecule has 5 N–H and O–H groups in total. The second kappa shape index (κ2) is 4.41. The molecule has 82 valence electrons. The summed E-state index contributed by atoms with van der Waals surface area (Å²) in [5.74, 6) is -0.565. The van der Waals surface area contributed by atoms with Crippen molar-refractivity contribution in [2.24, 2.45) is 11.5 Å². The van der Waals surface area contributed by atoms with Gasteiger partial charge in [0.05, 0.1) is 5.56 Å². The minimum Gasteiger partial charge on any atom is -0.415 e. The van der Waals surface area contributed by atoms with Crippen LogP contribution in [0.1, 0.15) is 30.3 Å². The highest BCUT2D eigenvalue weighted by atomic mass is 32.1. The Morgan fingerprint density at radius 1 is 1.67 bits per heavy atom. The largest absolute Gasteiger partial charge is 0.415 e. The van der Waals surface area contributed by atoms with Crippen molar-refractivity contribution in [2.75, 3.05) is 0 Å². The van der Waals surface area contributed by atoms with E-state index in [2.05, 4.69) is 0 Å². The van der Waals surface area contributed by atoms with E-state index in [4.69, 9.17) is 21.6 Å². The summed E-state index contributed by atoms with van der Waals surface area (Å²) in [4.78, 5) is 11.6. The Hall–Kier alpha value is -1.40. The lowest BCUT2D eigenvalue weighted by Crippen LogP contribution is -2.12. The van der Waals surface area contributed by atoms with Crippen LogP contribution in [0.15, 0.2) is 6.07 Å². The van der Waals surface area contributed by atoms with Crippen LogP contribution in [0, 0.1) is 5.41 Å². The lowest BCUT2D eigenvalue weighted by molar-refractivity contribution is -0.131. The van der Waals surface area contributed by atoms with E-state index in [9.17, 15) is 4.79 Å². The van der Waals surface area contributed by atoms with Crippen LogP contribution in [0.4, 0.5) is 0 Å². The van der Waals surface area contributed by atoms with E-state index in [-0.39, 0.29) is 11.9 Å². The normalized spacial score (nSPS) is 12.2. The lowest BCUT2D eigenvalue weighted by Gasteiger charge is -1.99. The predicted molar refractivity (Wildman–Crippen MR) is 59.2 cm³/mol. The molecule has 0 saturated carbocycles. The molecule has 0 aliphatic rings. The highest BCUT2D eigenvalue weighted by Crippen LogP contribution is 2.33. The first-order valence-electron chi connectivity index (χ1n) is 4.34. The number of ether oxygens (including phenoxy) is 1. The summed E-state index contributed by atoms with van der Waals surface area (Å²) in [5, 5.41) is 7.66. The highest BCUT2D eigenvalue weighted by Gasteiger charge is 2.16. The van der Waals surface area contributed by atoms with Crippen molar-refractivity contribution in [2.45, 2.75) is 19.9 Å². The average molecular weight is 227 g/mol. The lowest BCUT2D eigenvalue weighted by atomic mass is 10.2. The van der Waals surface area contributed by atoms with Crippen LogP contribution < -0.4 is 16.2 Å². The molecule has 1 heterocycles. The minimum absolute atomic E-state index is 0.130. The summed E-state index contributed by atoms with van der Waals surface area (Å²) in [5.41, 5.74) is 11.5. The Labute approximate surface area is 91.5 Å². The second-order valence-corrected chi connectivity index (χ2v) is 4.19. The van der Waals surface area contributed by atoms with Gasteiger partial charge in [-0.2, -0.15) is 0 Å². The molecule has 0 spiro atoms. The summed E-state index contributed by atoms with van der Waals surface area (Å²) in [7, 11) is 0. The molecule has 15 heavy (non-hydrogen) atoms. The van der Waals surface area contributed by atoms with Crippen LogP contribution in [0.2, 0.25) is 0 Å². The number of hydrogen-bond acceptors (Lipinski definition) is 5. The number of carbonyl (C=O) groups excluding carboxylic acids is 1. The molecule has 6 heteroatoms. The highest BCUT2D eigenvalue weighted by molar-refractivity contribution is 7.14. The summed E-state index contributed by atoms with van der Waals surface area (Å²) in [6, 6.07) is 1.51. The van der Waals surface area contributed by atoms with Crippen molar-refractivity contribution in [3.8, 4) is 5.06 Å². The van der Waals surface area contributed by atoms with Crippen LogP contribution in [0.25, 0.3) is 0 Å². The SMILES string of the molecule is CC(=O)Oc1sc(C(C)N)cc1C(=N)N. The Bertz CT molecular complexity index is 398. The molecule has 1 unspecified atom stereocenters. The second-order valence-electron chi connectivity index (χ2n) is 3.15. The van der Waals surface area contributed by atoms with Gasteiger partial charge in [0.15, 0.2) is 5.06 Å². The third-order valence-corrected chi connectivity index (χ3v) is 2.91. The molecular weight excluding hydrogens is 214 g/mol. The molecule has 0 bridgehead atoms. The molecule has 1 aromatic rings. The molecule has 0 amide bonds. The average Bonchev–Trinajstić information content (AvgIpc) is 2.46. The molecule has 0 aromatic carbocycles. The number of esters is 1. The van der Waals surface area contributed by atoms with E-state index in [0.717, 1.165) is 4.88 Å². The number of nitrogen functional groups attached to an aromatic ring is 1. The molecule has 0 saturated heterocycles. The summed E-state index contributed by atoms with van der Waals surface area (Å²) in [6.45, 7) is 3.11. The summed E-state index contributed by atoms with van der Waals surface area (Å²) >= 11 is 1.24. The van der Waals surface area contributed by atoms with E-state index in [0.29, 0.717) is 10.6 Å². The number of nitrogens with one attached hydrogen (secondary N) is 1. The van der Waals surface area contributed by atoms with Crippen molar-refractivity contribution in [3.05, 3.63) is 16.5 Å². The number of nitrogens with two attached hydrogens (primary N) is 2. The Balaban J connectivity index is 3.11. The zero-order chi connectivity index (χ0) is 11.6. The van der Waals surface area contributed by atoms with Gasteiger partial charge in [-0.15, -0.1) is 11.3 Å². The number of hydrogen-bond donors (Lipinski definition) is 3. The van der Waals surface area contributed by atoms with E-state index in [1.807, 2.05) is 6.92 Å². The quantitative estimate of drug-likeness (QED) is 0.407. The molecule has 0 aliphatic carbocycles. The van der Waals surface area contributed by atoms with Gasteiger partial charge in [0, 0.05) is 17.8 Å². The monoisotopic (exact) mass is 227 g/mol. The van der Waals surface area contributed by atoms with Crippen LogP contribution in [0.3, 0.4) is 0 Å². The maximum absolute atomic E-state index is 10.8. The van der Waals surface area contributed by atoms with Gasteiger partial charge in [0.25, 0.3) is 0 Å². The van der Waals surface area contributed by atoms with Gasteiger partial charge >= 0.3 is 5.97 Å². The number of thiophene rings is 1. The minimum atomic E-state index is -0.435. The van der Waals surface area contributed by atoms with Gasteiger partial charge in [-0.3, -0.25) is 10.2 Å². The van der Waals surface area contributed by atoms with E-state index in [1.165, 1.54) is 18.3 Å². The van der Waals surface area contributed by atoms with Gasteiger partial charge in [-0.25, -0.2) is 0 Å². The Morgan fingerprint density at radius 2 is 2.27 bits per heavy atom. The number of rotatable bonds is 3. The first kappa shape index (κ1) is 11.7. The Morgan fingerprint density at radius 3 is 2.67 bits per heavy atom. The maximum atomic E-state index is 10.8. The molecule has 1 atom stereocenters. The molecule has 1 rings (SSSR count). The smallest absolute Gasteiger partial charge is 0.308 e. The topological polar surface area (TPSA) is 102 Å². The zero-order valence-electron chi connectivity index (χ0n) is 8.53. The molecule has 0 aliphatic heterocycles. The van der Waals surface area contributed by atoms with Crippen molar-refractivity contribution >= 4 is 23.1 Å². The molecular formula is C9H13N3O2S. The number of amidine groups is 1. The summed E-state index contributed by atoms with van der Waals surface area (Å²) < 4.78 is 4.94. The van der Waals surface area contributed by atoms with Gasteiger partial charge in [-0.05, 0) is 13.0 Å². The Kier molecular flexibility index (Phi) is 3.43. The molecule has 1 aromatic heterocycles. The number of carbonyl (C=O) groups is 1. The molecule has 0 fully saturated rings. The van der Waals surface area contributed by atoms with Gasteiger partial charge in [0.1, 0.15) is 5.84 Å². The zero-order valence-corrected chi connectivity index (χ0v) is 9.35. The fourth-order valence-electron chi connectivity index (χ4n) is 1.01. The summed E-state index contributed by atoms with van der Waals surface area (Å²) in [6.07, 6.45) is 0. The standard InChI is InChI=1S/C9H13N3O2S/c1-4(10)7-3-6(8(11)12)9(15-7)14-5(2)13/h3-4H,10H2,1-2H3,(H3,11,12).